The van der Waals surface area contributed by atoms with Crippen LogP contribution in [0.2, 0.25) is 0 Å². The molecule has 1 atom stereocenters. The lowest BCUT2D eigenvalue weighted by Crippen LogP contribution is -2.06. The minimum absolute atomic E-state index is 0.00586. The molecule has 1 aromatic carbocycles. The van der Waals surface area contributed by atoms with E-state index in [1.54, 1.807) is 0 Å². The molecule has 1 aromatic heterocycles. The fraction of sp³-hybridized carbons (Fsp3) is 0.429. The molecule has 7 heteroatoms. The number of halogens is 3. The smallest absolute Gasteiger partial charge is 0.399 e. The Morgan fingerprint density at radius 1 is 1.29 bits per heavy atom. The molecular weight excluding hydrogens is 283 g/mol. The number of nitrogen functional groups attached to an aromatic ring is 1. The molecule has 1 saturated carbocycles. The predicted molar refractivity (Wildman–Crippen MR) is 70.3 cm³/mol. The Kier molecular flexibility index (Phi) is 2.80. The van der Waals surface area contributed by atoms with Crippen LogP contribution < -0.4 is 5.73 Å². The molecule has 0 radical (unpaired) electrons. The second-order valence-corrected chi connectivity index (χ2v) is 6.04. The van der Waals surface area contributed by atoms with Crippen LogP contribution in [-0.4, -0.2) is 10.1 Å². The lowest BCUT2D eigenvalue weighted by molar-refractivity contribution is -0.137. The van der Waals surface area contributed by atoms with E-state index in [4.69, 9.17) is 10.3 Å². The third kappa shape index (κ3) is 2.59. The maximum absolute atomic E-state index is 12.8. The van der Waals surface area contributed by atoms with Crippen LogP contribution in [0.1, 0.15) is 37.6 Å². The van der Waals surface area contributed by atoms with Gasteiger partial charge >= 0.3 is 6.18 Å². The van der Waals surface area contributed by atoms with E-state index in [2.05, 4.69) is 24.0 Å². The van der Waals surface area contributed by atoms with Crippen LogP contribution in [0.5, 0.6) is 0 Å². The van der Waals surface area contributed by atoms with E-state index >= 15 is 0 Å². The van der Waals surface area contributed by atoms with E-state index in [-0.39, 0.29) is 28.5 Å². The molecule has 3 rings (SSSR count). The van der Waals surface area contributed by atoms with Crippen molar-refractivity contribution in [2.24, 2.45) is 5.41 Å². The summed E-state index contributed by atoms with van der Waals surface area (Å²) in [5.41, 5.74) is 5.00. The quantitative estimate of drug-likeness (QED) is 0.855. The van der Waals surface area contributed by atoms with Crippen molar-refractivity contribution in [1.29, 1.82) is 0 Å². The summed E-state index contributed by atoms with van der Waals surface area (Å²) in [5.74, 6) is 0.787. The molecule has 0 amide bonds. The van der Waals surface area contributed by atoms with Crippen molar-refractivity contribution in [2.45, 2.75) is 32.4 Å². The monoisotopic (exact) mass is 297 g/mol. The molecular formula is C14H14F3N3O. The summed E-state index contributed by atoms with van der Waals surface area (Å²) in [6.07, 6.45) is -3.53. The van der Waals surface area contributed by atoms with Crippen molar-refractivity contribution in [2.75, 3.05) is 5.73 Å². The summed E-state index contributed by atoms with van der Waals surface area (Å²) in [5, 5.41) is 3.86. The number of rotatable bonds is 2. The Balaban J connectivity index is 1.96. The van der Waals surface area contributed by atoms with Crippen molar-refractivity contribution in [1.82, 2.24) is 10.1 Å². The second-order valence-electron chi connectivity index (χ2n) is 6.04. The van der Waals surface area contributed by atoms with Crippen LogP contribution in [0.25, 0.3) is 11.5 Å². The molecule has 1 unspecified atom stereocenters. The number of alkyl halides is 3. The average molecular weight is 297 g/mol. The molecule has 0 bridgehead atoms. The first kappa shape index (κ1) is 13.9. The third-order valence-corrected chi connectivity index (χ3v) is 3.80. The lowest BCUT2D eigenvalue weighted by atomic mass is 10.1. The van der Waals surface area contributed by atoms with Crippen molar-refractivity contribution in [3.63, 3.8) is 0 Å². The molecule has 1 fully saturated rings. The first-order chi connectivity index (χ1) is 9.67. The van der Waals surface area contributed by atoms with E-state index in [1.807, 2.05) is 0 Å². The highest BCUT2D eigenvalue weighted by molar-refractivity contribution is 5.62. The normalized spacial score (nSPS) is 20.5. The van der Waals surface area contributed by atoms with Crippen LogP contribution in [0, 0.1) is 5.41 Å². The molecule has 0 saturated heterocycles. The summed E-state index contributed by atoms with van der Waals surface area (Å²) in [7, 11) is 0. The van der Waals surface area contributed by atoms with Crippen LogP contribution >= 0.6 is 0 Å². The number of hydrogen-bond donors (Lipinski definition) is 1. The van der Waals surface area contributed by atoms with Crippen LogP contribution in [-0.2, 0) is 6.18 Å². The van der Waals surface area contributed by atoms with Gasteiger partial charge < -0.3 is 10.3 Å². The highest BCUT2D eigenvalue weighted by atomic mass is 19.4. The van der Waals surface area contributed by atoms with Gasteiger partial charge in [-0.25, -0.2) is 0 Å². The number of aromatic nitrogens is 2. The highest BCUT2D eigenvalue weighted by Crippen LogP contribution is 2.57. The first-order valence-corrected chi connectivity index (χ1v) is 6.48. The van der Waals surface area contributed by atoms with Crippen molar-refractivity contribution >= 4 is 5.69 Å². The van der Waals surface area contributed by atoms with E-state index in [1.165, 1.54) is 6.07 Å². The molecule has 1 heterocycles. The molecule has 112 valence electrons. The first-order valence-electron chi connectivity index (χ1n) is 6.48. The minimum atomic E-state index is -4.47. The van der Waals surface area contributed by atoms with Crippen molar-refractivity contribution in [3.8, 4) is 11.5 Å². The molecule has 4 nitrogen and oxygen atoms in total. The highest BCUT2D eigenvalue weighted by Gasteiger charge is 2.49. The van der Waals surface area contributed by atoms with Gasteiger partial charge in [0.05, 0.1) is 5.56 Å². The maximum Gasteiger partial charge on any atom is 0.416 e. The second kappa shape index (κ2) is 4.22. The van der Waals surface area contributed by atoms with Crippen LogP contribution in [0.3, 0.4) is 0 Å². The number of anilines is 1. The van der Waals surface area contributed by atoms with Gasteiger partial charge in [0.25, 0.3) is 5.89 Å². The molecule has 0 spiro atoms. The zero-order valence-electron chi connectivity index (χ0n) is 11.5. The van der Waals surface area contributed by atoms with Gasteiger partial charge in [0.1, 0.15) is 0 Å². The van der Waals surface area contributed by atoms with E-state index in [0.29, 0.717) is 5.82 Å². The summed E-state index contributed by atoms with van der Waals surface area (Å²) in [6.45, 7) is 4.16. The molecule has 2 N–H and O–H groups in total. The van der Waals surface area contributed by atoms with Gasteiger partial charge in [-0.15, -0.1) is 0 Å². The summed E-state index contributed by atoms with van der Waals surface area (Å²) in [4.78, 5) is 4.20. The zero-order chi connectivity index (χ0) is 15.4. The van der Waals surface area contributed by atoms with E-state index in [0.717, 1.165) is 18.6 Å². The van der Waals surface area contributed by atoms with Crippen molar-refractivity contribution < 1.29 is 17.7 Å². The number of nitrogens with two attached hydrogens (primary N) is 1. The Morgan fingerprint density at radius 3 is 2.52 bits per heavy atom. The van der Waals surface area contributed by atoms with Crippen molar-refractivity contribution in [3.05, 3.63) is 29.6 Å². The Hall–Kier alpha value is -2.05. The SMILES string of the molecule is CC1(C)CC1c1noc(-c2cc(N)cc(C(F)(F)F)c2)n1. The summed E-state index contributed by atoms with van der Waals surface area (Å²) in [6, 6.07) is 3.24. The predicted octanol–water partition coefficient (Wildman–Crippen LogP) is 3.85. The fourth-order valence-electron chi connectivity index (χ4n) is 2.34. The van der Waals surface area contributed by atoms with Gasteiger partial charge in [-0.3, -0.25) is 0 Å². The average Bonchev–Trinajstić information content (AvgIpc) is 2.82. The number of nitrogens with zero attached hydrogens (tertiary/aromatic N) is 2. The Bertz CT molecular complexity index is 691. The third-order valence-electron chi connectivity index (χ3n) is 3.80. The standard InChI is InChI=1S/C14H14F3N3O/c1-13(2)6-10(13)11-19-12(21-20-11)7-3-8(14(15,16)17)5-9(18)4-7/h3-5,10H,6,18H2,1-2H3. The summed E-state index contributed by atoms with van der Waals surface area (Å²) < 4.78 is 43.4. The van der Waals surface area contributed by atoms with Gasteiger partial charge in [0, 0.05) is 17.2 Å². The molecule has 2 aromatic rings. The van der Waals surface area contributed by atoms with Gasteiger partial charge in [0.15, 0.2) is 5.82 Å². The number of benzene rings is 1. The minimum Gasteiger partial charge on any atom is -0.399 e. The van der Waals surface area contributed by atoms with Crippen LogP contribution in [0.4, 0.5) is 18.9 Å². The van der Waals surface area contributed by atoms with E-state index in [9.17, 15) is 13.2 Å². The molecule has 21 heavy (non-hydrogen) atoms. The molecule has 0 aliphatic heterocycles. The lowest BCUT2D eigenvalue weighted by Gasteiger charge is -2.08. The molecule has 1 aliphatic rings. The number of hydrogen-bond acceptors (Lipinski definition) is 4. The Morgan fingerprint density at radius 2 is 1.95 bits per heavy atom. The molecule has 1 aliphatic carbocycles. The largest absolute Gasteiger partial charge is 0.416 e. The van der Waals surface area contributed by atoms with Gasteiger partial charge in [-0.05, 0) is 30.0 Å². The summed E-state index contributed by atoms with van der Waals surface area (Å²) >= 11 is 0. The van der Waals surface area contributed by atoms with Crippen LogP contribution in [0.15, 0.2) is 22.7 Å². The topological polar surface area (TPSA) is 64.9 Å². The van der Waals surface area contributed by atoms with Gasteiger partial charge in [0.2, 0.25) is 0 Å². The Labute approximate surface area is 119 Å². The maximum atomic E-state index is 12.8. The van der Waals surface area contributed by atoms with Gasteiger partial charge in [-0.1, -0.05) is 19.0 Å². The van der Waals surface area contributed by atoms with Gasteiger partial charge in [-0.2, -0.15) is 18.2 Å². The zero-order valence-corrected chi connectivity index (χ0v) is 11.5. The fourth-order valence-corrected chi connectivity index (χ4v) is 2.34. The van der Waals surface area contributed by atoms with E-state index < -0.39 is 11.7 Å².